The Labute approximate surface area is 141 Å². The molecule has 0 saturated carbocycles. The van der Waals surface area contributed by atoms with Gasteiger partial charge in [-0.05, 0) is 38.5 Å². The zero-order valence-electron chi connectivity index (χ0n) is 14.0. The number of hydrogen-bond acceptors (Lipinski definition) is 4. The molecule has 1 atom stereocenters. The van der Waals surface area contributed by atoms with Crippen molar-refractivity contribution in [2.75, 3.05) is 6.61 Å². The number of aryl methyl sites for hydroxylation is 2. The van der Waals surface area contributed by atoms with Crippen LogP contribution in [0.4, 0.5) is 0 Å². The van der Waals surface area contributed by atoms with Crippen LogP contribution in [0.1, 0.15) is 23.6 Å². The third-order valence-electron chi connectivity index (χ3n) is 3.91. The van der Waals surface area contributed by atoms with E-state index in [4.69, 9.17) is 9.47 Å². The van der Waals surface area contributed by atoms with Gasteiger partial charge < -0.3 is 9.47 Å². The average Bonchev–Trinajstić information content (AvgIpc) is 2.59. The van der Waals surface area contributed by atoms with Crippen LogP contribution in [0, 0.1) is 13.8 Å². The summed E-state index contributed by atoms with van der Waals surface area (Å²) in [5, 5.41) is 4.20. The number of ether oxygens (including phenoxy) is 2. The lowest BCUT2D eigenvalue weighted by Crippen LogP contribution is -2.42. The van der Waals surface area contributed by atoms with Crippen molar-refractivity contribution in [2.24, 2.45) is 5.10 Å². The molecule has 124 valence electrons. The molecule has 1 amide bonds. The molecule has 0 radical (unpaired) electrons. The van der Waals surface area contributed by atoms with Crippen LogP contribution in [0.15, 0.2) is 47.6 Å². The molecule has 3 rings (SSSR count). The normalized spacial score (nSPS) is 16.6. The number of hydrogen-bond donors (Lipinski definition) is 1. The largest absolute Gasteiger partial charge is 0.485 e. The SMILES string of the molecule is C/C(=N/NC(=O)[C@@H]1COc2ccccc2O1)c1ccc(C)cc1C. The molecule has 0 spiro atoms. The molecule has 0 aliphatic carbocycles. The Hall–Kier alpha value is -2.82. The number of nitrogens with one attached hydrogen (secondary N) is 1. The summed E-state index contributed by atoms with van der Waals surface area (Å²) in [5.41, 5.74) is 6.64. The van der Waals surface area contributed by atoms with Gasteiger partial charge in [0.1, 0.15) is 6.61 Å². The van der Waals surface area contributed by atoms with E-state index in [2.05, 4.69) is 16.6 Å². The van der Waals surface area contributed by atoms with Gasteiger partial charge in [0.25, 0.3) is 5.91 Å². The summed E-state index contributed by atoms with van der Waals surface area (Å²) in [6.07, 6.45) is -0.712. The number of nitrogens with zero attached hydrogens (tertiary/aromatic N) is 1. The molecule has 0 unspecified atom stereocenters. The van der Waals surface area contributed by atoms with Crippen LogP contribution < -0.4 is 14.9 Å². The number of amides is 1. The minimum absolute atomic E-state index is 0.168. The van der Waals surface area contributed by atoms with Gasteiger partial charge >= 0.3 is 0 Å². The van der Waals surface area contributed by atoms with Crippen molar-refractivity contribution in [3.8, 4) is 11.5 Å². The van der Waals surface area contributed by atoms with Crippen molar-refractivity contribution in [3.05, 3.63) is 59.2 Å². The first-order valence-electron chi connectivity index (χ1n) is 7.85. The van der Waals surface area contributed by atoms with Gasteiger partial charge in [0, 0.05) is 5.56 Å². The number of para-hydroxylation sites is 2. The molecule has 1 aliphatic heterocycles. The maximum atomic E-state index is 12.3. The van der Waals surface area contributed by atoms with Crippen molar-refractivity contribution in [2.45, 2.75) is 26.9 Å². The molecule has 0 saturated heterocycles. The molecule has 1 N–H and O–H groups in total. The number of rotatable bonds is 3. The predicted molar refractivity (Wildman–Crippen MR) is 92.6 cm³/mol. The van der Waals surface area contributed by atoms with Gasteiger partial charge in [-0.15, -0.1) is 0 Å². The van der Waals surface area contributed by atoms with Gasteiger partial charge in [0.15, 0.2) is 11.5 Å². The van der Waals surface area contributed by atoms with Crippen molar-refractivity contribution < 1.29 is 14.3 Å². The van der Waals surface area contributed by atoms with E-state index in [1.807, 2.05) is 51.1 Å². The van der Waals surface area contributed by atoms with Gasteiger partial charge in [-0.2, -0.15) is 5.10 Å². The van der Waals surface area contributed by atoms with E-state index in [-0.39, 0.29) is 12.5 Å². The van der Waals surface area contributed by atoms with E-state index in [0.717, 1.165) is 16.8 Å². The van der Waals surface area contributed by atoms with Gasteiger partial charge in [-0.25, -0.2) is 5.43 Å². The Morgan fingerprint density at radius 3 is 2.67 bits per heavy atom. The second kappa shape index (κ2) is 6.74. The van der Waals surface area contributed by atoms with Crippen LogP contribution in [0.25, 0.3) is 0 Å². The summed E-state index contributed by atoms with van der Waals surface area (Å²) in [4.78, 5) is 12.3. The van der Waals surface area contributed by atoms with Crippen molar-refractivity contribution in [3.63, 3.8) is 0 Å². The Morgan fingerprint density at radius 2 is 1.92 bits per heavy atom. The molecule has 5 nitrogen and oxygen atoms in total. The first-order valence-corrected chi connectivity index (χ1v) is 7.85. The van der Waals surface area contributed by atoms with E-state index in [0.29, 0.717) is 11.5 Å². The predicted octanol–water partition coefficient (Wildman–Crippen LogP) is 2.98. The summed E-state index contributed by atoms with van der Waals surface area (Å²) < 4.78 is 11.2. The first-order chi connectivity index (χ1) is 11.5. The smallest absolute Gasteiger partial charge is 0.284 e. The maximum absolute atomic E-state index is 12.3. The average molecular weight is 324 g/mol. The zero-order chi connectivity index (χ0) is 17.1. The molecule has 5 heteroatoms. The first kappa shape index (κ1) is 16.1. The summed E-state index contributed by atoms with van der Waals surface area (Å²) >= 11 is 0. The molecule has 2 aromatic rings. The van der Waals surface area contributed by atoms with Gasteiger partial charge in [-0.1, -0.05) is 35.9 Å². The summed E-state index contributed by atoms with van der Waals surface area (Å²) in [6, 6.07) is 13.4. The molecule has 2 aromatic carbocycles. The minimum Gasteiger partial charge on any atom is -0.485 e. The number of carbonyl (C=O) groups excluding carboxylic acids is 1. The third kappa shape index (κ3) is 3.40. The highest BCUT2D eigenvalue weighted by Crippen LogP contribution is 2.30. The topological polar surface area (TPSA) is 59.9 Å². The lowest BCUT2D eigenvalue weighted by molar-refractivity contribution is -0.130. The highest BCUT2D eigenvalue weighted by molar-refractivity contribution is 6.00. The van der Waals surface area contributed by atoms with Gasteiger partial charge in [0.2, 0.25) is 6.10 Å². The van der Waals surface area contributed by atoms with Crippen molar-refractivity contribution in [1.29, 1.82) is 0 Å². The molecule has 0 fully saturated rings. The Bertz CT molecular complexity index is 799. The lowest BCUT2D eigenvalue weighted by Gasteiger charge is -2.24. The molecule has 0 bridgehead atoms. The third-order valence-corrected chi connectivity index (χ3v) is 3.91. The fourth-order valence-corrected chi connectivity index (χ4v) is 2.64. The second-order valence-electron chi connectivity index (χ2n) is 5.86. The summed E-state index contributed by atoms with van der Waals surface area (Å²) in [5.74, 6) is 0.893. The fraction of sp³-hybridized carbons (Fsp3) is 0.263. The van der Waals surface area contributed by atoms with Crippen LogP contribution in [-0.4, -0.2) is 24.3 Å². The monoisotopic (exact) mass is 324 g/mol. The Balaban J connectivity index is 1.67. The Kier molecular flexibility index (Phi) is 4.51. The van der Waals surface area contributed by atoms with Gasteiger partial charge in [0.05, 0.1) is 5.71 Å². The van der Waals surface area contributed by atoms with Crippen molar-refractivity contribution >= 4 is 11.6 Å². The van der Waals surface area contributed by atoms with Crippen molar-refractivity contribution in [1.82, 2.24) is 5.43 Å². The molecular weight excluding hydrogens is 304 g/mol. The Morgan fingerprint density at radius 1 is 1.17 bits per heavy atom. The highest BCUT2D eigenvalue weighted by atomic mass is 16.6. The van der Waals surface area contributed by atoms with Crippen LogP contribution in [0.5, 0.6) is 11.5 Å². The molecular formula is C19H20N2O3. The zero-order valence-corrected chi connectivity index (χ0v) is 14.0. The van der Waals surface area contributed by atoms with E-state index >= 15 is 0 Å². The van der Waals surface area contributed by atoms with Gasteiger partial charge in [-0.3, -0.25) is 4.79 Å². The standard InChI is InChI=1S/C19H20N2O3/c1-12-8-9-15(13(2)10-12)14(3)20-21-19(22)18-11-23-16-6-4-5-7-17(16)24-18/h4-10,18H,11H2,1-3H3,(H,21,22)/b20-14-/t18-/m0/s1. The second-order valence-corrected chi connectivity index (χ2v) is 5.86. The summed E-state index contributed by atoms with van der Waals surface area (Å²) in [7, 11) is 0. The lowest BCUT2D eigenvalue weighted by atomic mass is 10.0. The number of benzene rings is 2. The number of carbonyl (C=O) groups is 1. The van der Waals surface area contributed by atoms with Crippen LogP contribution in [-0.2, 0) is 4.79 Å². The molecule has 1 aliphatic rings. The highest BCUT2D eigenvalue weighted by Gasteiger charge is 2.27. The van der Waals surface area contributed by atoms with E-state index < -0.39 is 6.10 Å². The van der Waals surface area contributed by atoms with E-state index in [9.17, 15) is 4.79 Å². The van der Waals surface area contributed by atoms with Crippen LogP contribution >= 0.6 is 0 Å². The quantitative estimate of drug-likeness (QED) is 0.697. The van der Waals surface area contributed by atoms with E-state index in [1.165, 1.54) is 5.56 Å². The molecule has 0 aromatic heterocycles. The van der Waals surface area contributed by atoms with E-state index in [1.54, 1.807) is 6.07 Å². The maximum Gasteiger partial charge on any atom is 0.284 e. The molecule has 24 heavy (non-hydrogen) atoms. The van der Waals surface area contributed by atoms with Crippen LogP contribution in [0.3, 0.4) is 0 Å². The minimum atomic E-state index is -0.712. The molecule has 1 heterocycles. The fourth-order valence-electron chi connectivity index (χ4n) is 2.64. The van der Waals surface area contributed by atoms with Crippen LogP contribution in [0.2, 0.25) is 0 Å². The number of hydrazone groups is 1. The summed E-state index contributed by atoms with van der Waals surface area (Å²) in [6.45, 7) is 6.11. The number of fused-ring (bicyclic) bond motifs is 1.